The lowest BCUT2D eigenvalue weighted by molar-refractivity contribution is -0.120. The van der Waals surface area contributed by atoms with E-state index in [4.69, 9.17) is 5.10 Å². The molecule has 8 heteroatoms. The maximum absolute atomic E-state index is 13.2. The number of dihydropyridines is 1. The zero-order valence-electron chi connectivity index (χ0n) is 20.6. The van der Waals surface area contributed by atoms with Crippen LogP contribution in [0.5, 0.6) is 0 Å². The van der Waals surface area contributed by atoms with Crippen LogP contribution in [0.25, 0.3) is 10.9 Å². The highest BCUT2D eigenvalue weighted by molar-refractivity contribution is 9.10. The van der Waals surface area contributed by atoms with Crippen molar-refractivity contribution in [2.75, 3.05) is 19.6 Å². The molecular formula is C27H34BrN5O2. The van der Waals surface area contributed by atoms with E-state index in [0.29, 0.717) is 17.3 Å². The van der Waals surface area contributed by atoms with Crippen molar-refractivity contribution in [1.82, 2.24) is 20.0 Å². The molecule has 35 heavy (non-hydrogen) atoms. The largest absolute Gasteiger partial charge is 0.351 e. The van der Waals surface area contributed by atoms with Gasteiger partial charge in [0, 0.05) is 41.2 Å². The van der Waals surface area contributed by atoms with Gasteiger partial charge in [0.1, 0.15) is 0 Å². The molecule has 2 aromatic rings. The molecule has 0 bridgehead atoms. The maximum Gasteiger partial charge on any atom is 0.254 e. The lowest BCUT2D eigenvalue weighted by atomic mass is 9.92. The van der Waals surface area contributed by atoms with Crippen LogP contribution < -0.4 is 5.32 Å². The predicted octanol–water partition coefficient (Wildman–Crippen LogP) is 5.06. The van der Waals surface area contributed by atoms with E-state index in [-0.39, 0.29) is 18.4 Å². The van der Waals surface area contributed by atoms with Gasteiger partial charge in [-0.15, -0.1) is 0 Å². The molecule has 7 nitrogen and oxygen atoms in total. The zero-order chi connectivity index (χ0) is 24.5. The summed E-state index contributed by atoms with van der Waals surface area (Å²) in [5.41, 5.74) is 3.19. The second-order valence-electron chi connectivity index (χ2n) is 10.3. The molecule has 0 radical (unpaired) electrons. The molecule has 3 heterocycles. The van der Waals surface area contributed by atoms with Crippen molar-refractivity contribution in [3.8, 4) is 0 Å². The Morgan fingerprint density at radius 3 is 2.54 bits per heavy atom. The number of fused-ring (bicyclic) bond motifs is 1. The number of piperidine rings is 1. The summed E-state index contributed by atoms with van der Waals surface area (Å²) < 4.78 is 2.96. The quantitative estimate of drug-likeness (QED) is 0.575. The summed E-state index contributed by atoms with van der Waals surface area (Å²) in [5.74, 6) is -0.813. The monoisotopic (exact) mass is 539 g/mol. The van der Waals surface area contributed by atoms with Crippen LogP contribution in [0, 0.1) is 5.92 Å². The van der Waals surface area contributed by atoms with Gasteiger partial charge in [-0.1, -0.05) is 40.8 Å². The number of carbonyl (C=O) groups excluding carboxylic acids is 2. The first-order chi connectivity index (χ1) is 16.9. The summed E-state index contributed by atoms with van der Waals surface area (Å²) >= 11 is 3.60. The van der Waals surface area contributed by atoms with Gasteiger partial charge in [0.05, 0.1) is 29.2 Å². The van der Waals surface area contributed by atoms with Gasteiger partial charge in [-0.25, -0.2) is 4.99 Å². The summed E-state index contributed by atoms with van der Waals surface area (Å²) in [4.78, 5) is 32.3. The number of likely N-dealkylation sites (tertiary alicyclic amines) is 1. The molecule has 1 atom stereocenters. The molecule has 5 rings (SSSR count). The lowest BCUT2D eigenvalue weighted by Crippen LogP contribution is -2.42. The lowest BCUT2D eigenvalue weighted by Gasteiger charge is -2.39. The number of hydrogen-bond acceptors (Lipinski definition) is 4. The van der Waals surface area contributed by atoms with Crippen LogP contribution in [0.4, 0.5) is 0 Å². The molecule has 2 amide bonds. The molecule has 1 unspecified atom stereocenters. The molecule has 1 aromatic heterocycles. The number of carbonyl (C=O) groups is 2. The highest BCUT2D eigenvalue weighted by atomic mass is 79.9. The topological polar surface area (TPSA) is 79.6 Å². The molecule has 1 saturated heterocycles. The zero-order valence-corrected chi connectivity index (χ0v) is 22.2. The number of nitrogens with one attached hydrogen (secondary N) is 1. The second-order valence-corrected chi connectivity index (χ2v) is 11.2. The third-order valence-electron chi connectivity index (χ3n) is 7.90. The number of amides is 2. The van der Waals surface area contributed by atoms with Crippen LogP contribution in [0.3, 0.4) is 0 Å². The van der Waals surface area contributed by atoms with E-state index in [0.717, 1.165) is 52.9 Å². The number of nitrogens with zero attached hydrogens (tertiary/aromatic N) is 4. The van der Waals surface area contributed by atoms with E-state index >= 15 is 0 Å². The fourth-order valence-electron chi connectivity index (χ4n) is 5.98. The Balaban J connectivity index is 1.29. The Morgan fingerprint density at radius 1 is 1.09 bits per heavy atom. The Morgan fingerprint density at radius 2 is 1.83 bits per heavy atom. The maximum atomic E-state index is 13.2. The minimum Gasteiger partial charge on any atom is -0.351 e. The standard InChI is InChI=1S/C27H34BrN5O2/c1-17-12-18(2)31-27(35)23(17)15-29-26(34)22-13-19(28)14-25-24(22)16-30-33(25)21-8-10-32(11-9-21)20-6-4-3-5-7-20/h12-14,16,20-21,23H,3-11,15H2,1-2H3,(H,29,34). The molecule has 2 fully saturated rings. The molecule has 1 aliphatic carbocycles. The van der Waals surface area contributed by atoms with Gasteiger partial charge in [-0.3, -0.25) is 14.3 Å². The van der Waals surface area contributed by atoms with Crippen molar-refractivity contribution in [3.63, 3.8) is 0 Å². The number of rotatable bonds is 5. The van der Waals surface area contributed by atoms with E-state index in [1.165, 1.54) is 32.1 Å². The molecule has 0 spiro atoms. The predicted molar refractivity (Wildman–Crippen MR) is 142 cm³/mol. The highest BCUT2D eigenvalue weighted by Crippen LogP contribution is 2.32. The smallest absolute Gasteiger partial charge is 0.254 e. The van der Waals surface area contributed by atoms with E-state index in [2.05, 4.69) is 41.9 Å². The average molecular weight is 541 g/mol. The molecule has 3 aliphatic rings. The fraction of sp³-hybridized carbons (Fsp3) is 0.556. The summed E-state index contributed by atoms with van der Waals surface area (Å²) in [6.45, 7) is 6.18. The molecule has 1 saturated carbocycles. The number of aromatic nitrogens is 2. The minimum absolute atomic E-state index is 0.199. The fourth-order valence-corrected chi connectivity index (χ4v) is 6.42. The Labute approximate surface area is 215 Å². The van der Waals surface area contributed by atoms with E-state index in [1.54, 1.807) is 0 Å². The van der Waals surface area contributed by atoms with Crippen LogP contribution in [-0.2, 0) is 4.79 Å². The van der Waals surface area contributed by atoms with Crippen LogP contribution in [0.15, 0.2) is 39.4 Å². The summed E-state index contributed by atoms with van der Waals surface area (Å²) in [5, 5.41) is 8.54. The third kappa shape index (κ3) is 5.14. The first-order valence-corrected chi connectivity index (χ1v) is 13.7. The average Bonchev–Trinajstić information content (AvgIpc) is 3.27. The summed E-state index contributed by atoms with van der Waals surface area (Å²) in [6, 6.07) is 4.99. The van der Waals surface area contributed by atoms with Crippen molar-refractivity contribution < 1.29 is 9.59 Å². The highest BCUT2D eigenvalue weighted by Gasteiger charge is 2.29. The Hall–Kier alpha value is -2.32. The van der Waals surface area contributed by atoms with Gasteiger partial charge < -0.3 is 10.2 Å². The normalized spacial score (nSPS) is 22.8. The third-order valence-corrected chi connectivity index (χ3v) is 8.36. The number of aliphatic imine (C=N–C) groups is 1. The van der Waals surface area contributed by atoms with Crippen molar-refractivity contribution in [3.05, 3.63) is 40.0 Å². The number of allylic oxidation sites excluding steroid dienone is 1. The number of hydrogen-bond donors (Lipinski definition) is 1. The number of benzene rings is 1. The van der Waals surface area contributed by atoms with Crippen LogP contribution in [-0.4, -0.2) is 57.9 Å². The summed E-state index contributed by atoms with van der Waals surface area (Å²) in [7, 11) is 0. The molecule has 1 aromatic carbocycles. The first-order valence-electron chi connectivity index (χ1n) is 12.9. The van der Waals surface area contributed by atoms with Crippen molar-refractivity contribution >= 4 is 44.4 Å². The second kappa shape index (κ2) is 10.3. The van der Waals surface area contributed by atoms with Crippen LogP contribution in [0.1, 0.15) is 75.2 Å². The van der Waals surface area contributed by atoms with Gasteiger partial charge in [0.2, 0.25) is 0 Å². The van der Waals surface area contributed by atoms with Crippen LogP contribution in [0.2, 0.25) is 0 Å². The minimum atomic E-state index is -0.414. The molecular weight excluding hydrogens is 506 g/mol. The summed E-state index contributed by atoms with van der Waals surface area (Å²) in [6.07, 6.45) is 12.7. The van der Waals surface area contributed by atoms with Gasteiger partial charge in [-0.2, -0.15) is 5.10 Å². The van der Waals surface area contributed by atoms with Gasteiger partial charge in [0.25, 0.3) is 11.8 Å². The van der Waals surface area contributed by atoms with E-state index in [1.807, 2.05) is 32.2 Å². The molecule has 1 N–H and O–H groups in total. The van der Waals surface area contributed by atoms with Crippen molar-refractivity contribution in [2.45, 2.75) is 70.9 Å². The van der Waals surface area contributed by atoms with Crippen LogP contribution >= 0.6 is 15.9 Å². The first kappa shape index (κ1) is 24.4. The van der Waals surface area contributed by atoms with Gasteiger partial charge >= 0.3 is 0 Å². The Bertz CT molecular complexity index is 1190. The van der Waals surface area contributed by atoms with Crippen molar-refractivity contribution in [1.29, 1.82) is 0 Å². The number of halogens is 1. The Kier molecular flexibility index (Phi) is 7.21. The SMILES string of the molecule is CC1=CC(C)=NC(=O)C1CNC(=O)c1cc(Br)cc2c1cnn2C1CCN(C2CCCCC2)CC1. The van der Waals surface area contributed by atoms with Gasteiger partial charge in [0.15, 0.2) is 0 Å². The van der Waals surface area contributed by atoms with E-state index < -0.39 is 5.92 Å². The molecule has 2 aliphatic heterocycles. The van der Waals surface area contributed by atoms with Gasteiger partial charge in [-0.05, 0) is 57.7 Å². The van der Waals surface area contributed by atoms with Crippen molar-refractivity contribution in [2.24, 2.45) is 10.9 Å². The molecule has 186 valence electrons. The van der Waals surface area contributed by atoms with E-state index in [9.17, 15) is 9.59 Å².